The lowest BCUT2D eigenvalue weighted by Gasteiger charge is -2.25. The fourth-order valence-electron chi connectivity index (χ4n) is 4.64. The minimum atomic E-state index is -0.308. The third-order valence-corrected chi connectivity index (χ3v) is 5.91. The lowest BCUT2D eigenvalue weighted by Crippen LogP contribution is -2.17. The van der Waals surface area contributed by atoms with E-state index >= 15 is 0 Å². The molecule has 0 aliphatic heterocycles. The maximum Gasteiger partial charge on any atom is 0.251 e. The van der Waals surface area contributed by atoms with Crippen LogP contribution in [0.25, 0.3) is 11.1 Å². The van der Waals surface area contributed by atoms with Crippen molar-refractivity contribution in [3.05, 3.63) is 46.8 Å². The molecule has 0 atom stereocenters. The molecule has 1 saturated carbocycles. The smallest absolute Gasteiger partial charge is 0.251 e. The Morgan fingerprint density at radius 3 is 2.15 bits per heavy atom. The zero-order chi connectivity index (χ0) is 18.7. The van der Waals surface area contributed by atoms with Crippen LogP contribution in [0.3, 0.4) is 0 Å². The Morgan fingerprint density at radius 2 is 1.62 bits per heavy atom. The molecule has 0 radical (unpaired) electrons. The number of aryl methyl sites for hydroxylation is 1. The largest absolute Gasteiger partial charge is 0.366 e. The molecule has 1 heterocycles. The minimum absolute atomic E-state index is 0.308. The predicted molar refractivity (Wildman–Crippen MR) is 109 cm³/mol. The van der Waals surface area contributed by atoms with E-state index in [1.54, 1.807) is 0 Å². The van der Waals surface area contributed by atoms with Crippen LogP contribution in [0, 0.1) is 13.8 Å². The molecule has 0 saturated heterocycles. The highest BCUT2D eigenvalue weighted by Gasteiger charge is 2.27. The Kier molecular flexibility index (Phi) is 5.85. The highest BCUT2D eigenvalue weighted by Crippen LogP contribution is 2.38. The van der Waals surface area contributed by atoms with E-state index in [4.69, 9.17) is 5.73 Å². The van der Waals surface area contributed by atoms with Gasteiger partial charge in [0.15, 0.2) is 0 Å². The first-order chi connectivity index (χ1) is 12.5. The monoisotopic (exact) mass is 352 g/mol. The molecule has 1 aliphatic carbocycles. The van der Waals surface area contributed by atoms with Gasteiger partial charge < -0.3 is 10.3 Å². The SMILES string of the molecule is CCc1c(-c2ccc(C)cc2)c(C(N)=O)c(C)n1C1CCCCCCC1. The summed E-state index contributed by atoms with van der Waals surface area (Å²) in [6.07, 6.45) is 9.88. The molecule has 0 spiro atoms. The molecule has 1 fully saturated rings. The maximum absolute atomic E-state index is 12.4. The molecule has 3 heteroatoms. The van der Waals surface area contributed by atoms with E-state index in [2.05, 4.69) is 49.6 Å². The lowest BCUT2D eigenvalue weighted by atomic mass is 9.95. The molecule has 2 aromatic rings. The van der Waals surface area contributed by atoms with E-state index in [0.29, 0.717) is 11.6 Å². The van der Waals surface area contributed by atoms with Crippen molar-refractivity contribution in [2.45, 2.75) is 78.2 Å². The van der Waals surface area contributed by atoms with Gasteiger partial charge in [-0.1, -0.05) is 68.9 Å². The van der Waals surface area contributed by atoms with Crippen molar-refractivity contribution >= 4 is 5.91 Å². The van der Waals surface area contributed by atoms with E-state index in [1.165, 1.54) is 56.2 Å². The predicted octanol–water partition coefficient (Wildman–Crippen LogP) is 5.72. The number of hydrogen-bond donors (Lipinski definition) is 1. The van der Waals surface area contributed by atoms with Gasteiger partial charge in [0.25, 0.3) is 5.91 Å². The van der Waals surface area contributed by atoms with Crippen molar-refractivity contribution in [1.82, 2.24) is 4.57 Å². The van der Waals surface area contributed by atoms with E-state index in [9.17, 15) is 4.79 Å². The molecule has 0 bridgehead atoms. The van der Waals surface area contributed by atoms with Crippen molar-refractivity contribution < 1.29 is 4.79 Å². The maximum atomic E-state index is 12.4. The average molecular weight is 353 g/mol. The van der Waals surface area contributed by atoms with Gasteiger partial charge in [-0.05, 0) is 38.7 Å². The van der Waals surface area contributed by atoms with Gasteiger partial charge in [-0.3, -0.25) is 4.79 Å². The molecule has 1 aliphatic rings. The first-order valence-corrected chi connectivity index (χ1v) is 10.1. The fraction of sp³-hybridized carbons (Fsp3) is 0.522. The number of carbonyl (C=O) groups excluding carboxylic acids is 1. The lowest BCUT2D eigenvalue weighted by molar-refractivity contribution is 0.1000. The van der Waals surface area contributed by atoms with Gasteiger partial charge in [0.05, 0.1) is 5.56 Å². The topological polar surface area (TPSA) is 48.0 Å². The molecule has 1 aromatic carbocycles. The zero-order valence-electron chi connectivity index (χ0n) is 16.5. The summed E-state index contributed by atoms with van der Waals surface area (Å²) in [7, 11) is 0. The number of nitrogens with two attached hydrogens (primary N) is 1. The van der Waals surface area contributed by atoms with Gasteiger partial charge in [-0.15, -0.1) is 0 Å². The molecular formula is C23H32N2O. The number of benzene rings is 1. The van der Waals surface area contributed by atoms with Crippen molar-refractivity contribution in [3.8, 4) is 11.1 Å². The molecule has 26 heavy (non-hydrogen) atoms. The molecule has 2 N–H and O–H groups in total. The number of primary amides is 1. The van der Waals surface area contributed by atoms with Crippen LogP contribution in [-0.4, -0.2) is 10.5 Å². The van der Waals surface area contributed by atoms with E-state index < -0.39 is 0 Å². The van der Waals surface area contributed by atoms with E-state index in [0.717, 1.165) is 23.2 Å². The third kappa shape index (κ3) is 3.58. The second-order valence-corrected chi connectivity index (χ2v) is 7.73. The van der Waals surface area contributed by atoms with E-state index in [1.807, 2.05) is 0 Å². The highest BCUT2D eigenvalue weighted by molar-refractivity contribution is 6.02. The quantitative estimate of drug-likeness (QED) is 0.751. The molecular weight excluding hydrogens is 320 g/mol. The van der Waals surface area contributed by atoms with Crippen molar-refractivity contribution in [3.63, 3.8) is 0 Å². The second-order valence-electron chi connectivity index (χ2n) is 7.73. The summed E-state index contributed by atoms with van der Waals surface area (Å²) in [4.78, 5) is 12.4. The number of nitrogens with zero attached hydrogens (tertiary/aromatic N) is 1. The first-order valence-electron chi connectivity index (χ1n) is 10.1. The van der Waals surface area contributed by atoms with Gasteiger partial charge >= 0.3 is 0 Å². The van der Waals surface area contributed by atoms with Crippen molar-refractivity contribution in [1.29, 1.82) is 0 Å². The number of rotatable bonds is 4. The average Bonchev–Trinajstić information content (AvgIpc) is 2.88. The van der Waals surface area contributed by atoms with Crippen LogP contribution in [0.5, 0.6) is 0 Å². The molecule has 1 aromatic heterocycles. The number of amides is 1. The van der Waals surface area contributed by atoms with Gasteiger partial charge in [0, 0.05) is 23.0 Å². The Hall–Kier alpha value is -2.03. The van der Waals surface area contributed by atoms with Crippen LogP contribution in [0.4, 0.5) is 0 Å². The Bertz CT molecular complexity index is 762. The summed E-state index contributed by atoms with van der Waals surface area (Å²) in [6, 6.07) is 8.96. The summed E-state index contributed by atoms with van der Waals surface area (Å²) < 4.78 is 2.46. The molecule has 3 nitrogen and oxygen atoms in total. The summed E-state index contributed by atoms with van der Waals surface area (Å²) in [5.41, 5.74) is 12.3. The first kappa shape index (κ1) is 18.8. The van der Waals surface area contributed by atoms with Gasteiger partial charge in [0.2, 0.25) is 0 Å². The standard InChI is InChI=1S/C23H32N2O/c1-4-20-22(18-14-12-16(2)13-15-18)21(23(24)26)17(3)25(20)19-10-8-6-5-7-9-11-19/h12-15,19H,4-11H2,1-3H3,(H2,24,26). The number of aromatic nitrogens is 1. The van der Waals surface area contributed by atoms with Crippen LogP contribution in [0.1, 0.15) is 85.2 Å². The van der Waals surface area contributed by atoms with Crippen LogP contribution < -0.4 is 5.73 Å². The molecule has 1 amide bonds. The van der Waals surface area contributed by atoms with E-state index in [-0.39, 0.29) is 5.91 Å². The molecule has 140 valence electrons. The molecule has 3 rings (SSSR count). The summed E-state index contributed by atoms with van der Waals surface area (Å²) in [5.74, 6) is -0.308. The molecule has 0 unspecified atom stereocenters. The zero-order valence-corrected chi connectivity index (χ0v) is 16.5. The third-order valence-electron chi connectivity index (χ3n) is 5.91. The Labute approximate surface area is 157 Å². The minimum Gasteiger partial charge on any atom is -0.366 e. The number of hydrogen-bond acceptors (Lipinski definition) is 1. The normalized spacial score (nSPS) is 16.3. The van der Waals surface area contributed by atoms with Gasteiger partial charge in [-0.25, -0.2) is 0 Å². The summed E-state index contributed by atoms with van der Waals surface area (Å²) in [5, 5.41) is 0. The summed E-state index contributed by atoms with van der Waals surface area (Å²) >= 11 is 0. The van der Waals surface area contributed by atoms with Crippen molar-refractivity contribution in [2.75, 3.05) is 0 Å². The number of carbonyl (C=O) groups is 1. The Balaban J connectivity index is 2.17. The van der Waals surface area contributed by atoms with Crippen LogP contribution in [0.2, 0.25) is 0 Å². The van der Waals surface area contributed by atoms with Crippen LogP contribution >= 0.6 is 0 Å². The highest BCUT2D eigenvalue weighted by atomic mass is 16.1. The van der Waals surface area contributed by atoms with Crippen LogP contribution in [0.15, 0.2) is 24.3 Å². The Morgan fingerprint density at radius 1 is 1.04 bits per heavy atom. The van der Waals surface area contributed by atoms with Crippen LogP contribution in [-0.2, 0) is 6.42 Å². The summed E-state index contributed by atoms with van der Waals surface area (Å²) in [6.45, 7) is 6.36. The van der Waals surface area contributed by atoms with Gasteiger partial charge in [0.1, 0.15) is 0 Å². The van der Waals surface area contributed by atoms with Gasteiger partial charge in [-0.2, -0.15) is 0 Å². The van der Waals surface area contributed by atoms with Crippen molar-refractivity contribution in [2.24, 2.45) is 5.73 Å². The second kappa shape index (κ2) is 8.11. The fourth-order valence-corrected chi connectivity index (χ4v) is 4.64.